The number of hydrogen-bond donors (Lipinski definition) is 3. The molecule has 6 heteroatoms. The molecule has 0 saturated carbocycles. The van der Waals surface area contributed by atoms with E-state index in [0.29, 0.717) is 18.7 Å². The molecule has 0 spiro atoms. The summed E-state index contributed by atoms with van der Waals surface area (Å²) in [6, 6.07) is 9.19. The molecule has 1 saturated heterocycles. The first-order valence-corrected chi connectivity index (χ1v) is 8.05. The second-order valence-electron chi connectivity index (χ2n) is 5.88. The van der Waals surface area contributed by atoms with E-state index in [1.807, 2.05) is 18.2 Å². The summed E-state index contributed by atoms with van der Waals surface area (Å²) in [6.45, 7) is 4.80. The van der Waals surface area contributed by atoms with Crippen molar-refractivity contribution in [2.45, 2.75) is 25.4 Å². The fourth-order valence-electron chi connectivity index (χ4n) is 2.52. The summed E-state index contributed by atoms with van der Waals surface area (Å²) >= 11 is 0. The quantitative estimate of drug-likeness (QED) is 0.418. The number of nitrogens with one attached hydrogen (secondary N) is 3. The van der Waals surface area contributed by atoms with Crippen molar-refractivity contribution in [3.63, 3.8) is 0 Å². The predicted molar refractivity (Wildman–Crippen MR) is 91.7 cm³/mol. The molecular weight excluding hydrogens is 292 g/mol. The smallest absolute Gasteiger partial charge is 0.251 e. The molecule has 1 atom stereocenters. The third-order valence-corrected chi connectivity index (χ3v) is 3.89. The Hall–Kier alpha value is -2.08. The molecule has 0 aliphatic carbocycles. The number of nitrogens with zero attached hydrogens (tertiary/aromatic N) is 1. The average Bonchev–Trinajstić information content (AvgIpc) is 3.01. The number of hydrogen-bond acceptors (Lipinski definition) is 3. The van der Waals surface area contributed by atoms with Crippen molar-refractivity contribution in [1.29, 1.82) is 0 Å². The molecular formula is C17H26N4O2. The second-order valence-corrected chi connectivity index (χ2v) is 5.88. The highest BCUT2D eigenvalue weighted by molar-refractivity contribution is 5.94. The Morgan fingerprint density at radius 2 is 1.96 bits per heavy atom. The highest BCUT2D eigenvalue weighted by atomic mass is 16.5. The topological polar surface area (TPSA) is 74.8 Å². The Morgan fingerprint density at radius 1 is 1.22 bits per heavy atom. The van der Waals surface area contributed by atoms with Crippen molar-refractivity contribution in [3.05, 3.63) is 35.9 Å². The molecule has 6 nitrogen and oxygen atoms in total. The molecule has 1 aliphatic heterocycles. The monoisotopic (exact) mass is 318 g/mol. The molecule has 126 valence electrons. The minimum Gasteiger partial charge on any atom is -0.373 e. The van der Waals surface area contributed by atoms with Gasteiger partial charge in [0.25, 0.3) is 5.91 Å². The minimum absolute atomic E-state index is 0.0674. The van der Waals surface area contributed by atoms with Crippen LogP contribution in [0.5, 0.6) is 0 Å². The van der Waals surface area contributed by atoms with E-state index in [-0.39, 0.29) is 11.5 Å². The molecule has 1 aromatic carbocycles. The van der Waals surface area contributed by atoms with Gasteiger partial charge in [-0.15, -0.1) is 0 Å². The molecule has 1 amide bonds. The maximum absolute atomic E-state index is 11.9. The third-order valence-electron chi connectivity index (χ3n) is 3.89. The Labute approximate surface area is 137 Å². The first kappa shape index (κ1) is 17.3. The van der Waals surface area contributed by atoms with Gasteiger partial charge in [-0.1, -0.05) is 18.2 Å². The summed E-state index contributed by atoms with van der Waals surface area (Å²) in [5.41, 5.74) is 0.556. The summed E-state index contributed by atoms with van der Waals surface area (Å²) in [5.74, 6) is 0.651. The fraction of sp³-hybridized carbons (Fsp3) is 0.529. The van der Waals surface area contributed by atoms with Crippen molar-refractivity contribution < 1.29 is 9.53 Å². The van der Waals surface area contributed by atoms with E-state index in [4.69, 9.17) is 4.74 Å². The van der Waals surface area contributed by atoms with E-state index >= 15 is 0 Å². The van der Waals surface area contributed by atoms with E-state index in [1.54, 1.807) is 19.2 Å². The second kappa shape index (κ2) is 8.53. The number of carbonyl (C=O) groups is 1. The number of rotatable bonds is 6. The van der Waals surface area contributed by atoms with Crippen LogP contribution in [0.1, 0.15) is 30.1 Å². The minimum atomic E-state index is -0.112. The summed E-state index contributed by atoms with van der Waals surface area (Å²) in [4.78, 5) is 16.1. The molecule has 1 unspecified atom stereocenters. The number of aliphatic imine (C=N–C) groups is 1. The van der Waals surface area contributed by atoms with Crippen LogP contribution in [-0.4, -0.2) is 50.8 Å². The lowest BCUT2D eigenvalue weighted by atomic mass is 10.0. The largest absolute Gasteiger partial charge is 0.373 e. The molecule has 3 N–H and O–H groups in total. The van der Waals surface area contributed by atoms with Crippen LogP contribution in [0.3, 0.4) is 0 Å². The molecule has 1 fully saturated rings. The summed E-state index contributed by atoms with van der Waals surface area (Å²) in [7, 11) is 1.73. The third kappa shape index (κ3) is 5.56. The SMILES string of the molecule is CN=C(NCCNC(=O)c1ccccc1)NCC1(C)CCCO1. The fourth-order valence-corrected chi connectivity index (χ4v) is 2.52. The lowest BCUT2D eigenvalue weighted by Crippen LogP contribution is -2.47. The number of benzene rings is 1. The Kier molecular flexibility index (Phi) is 6.40. The van der Waals surface area contributed by atoms with Crippen LogP contribution in [0.15, 0.2) is 35.3 Å². The van der Waals surface area contributed by atoms with Crippen LogP contribution in [-0.2, 0) is 4.74 Å². The summed E-state index contributed by atoms with van der Waals surface area (Å²) in [5, 5.41) is 9.33. The van der Waals surface area contributed by atoms with Gasteiger partial charge in [-0.05, 0) is 31.9 Å². The number of amides is 1. The van der Waals surface area contributed by atoms with Crippen molar-refractivity contribution in [1.82, 2.24) is 16.0 Å². The molecule has 1 aromatic rings. The van der Waals surface area contributed by atoms with Gasteiger partial charge in [0.05, 0.1) is 5.60 Å². The lowest BCUT2D eigenvalue weighted by molar-refractivity contribution is 0.0243. The van der Waals surface area contributed by atoms with Gasteiger partial charge < -0.3 is 20.7 Å². The van der Waals surface area contributed by atoms with Gasteiger partial charge in [-0.25, -0.2) is 0 Å². The van der Waals surface area contributed by atoms with Crippen molar-refractivity contribution in [2.24, 2.45) is 4.99 Å². The Morgan fingerprint density at radius 3 is 2.61 bits per heavy atom. The van der Waals surface area contributed by atoms with Crippen LogP contribution in [0.2, 0.25) is 0 Å². The maximum Gasteiger partial charge on any atom is 0.251 e. The van der Waals surface area contributed by atoms with Crippen molar-refractivity contribution in [2.75, 3.05) is 33.3 Å². The predicted octanol–water partition coefficient (Wildman–Crippen LogP) is 1.15. The van der Waals surface area contributed by atoms with Crippen LogP contribution in [0.4, 0.5) is 0 Å². The van der Waals surface area contributed by atoms with E-state index in [0.717, 1.165) is 32.0 Å². The normalized spacial score (nSPS) is 21.0. The number of ether oxygens (including phenoxy) is 1. The first-order chi connectivity index (χ1) is 11.1. The van der Waals surface area contributed by atoms with Gasteiger partial charge in [0.2, 0.25) is 0 Å². The number of carbonyl (C=O) groups excluding carboxylic acids is 1. The zero-order chi connectivity index (χ0) is 16.5. The number of guanidine groups is 1. The van der Waals surface area contributed by atoms with Crippen LogP contribution in [0, 0.1) is 0 Å². The molecule has 0 radical (unpaired) electrons. The Bertz CT molecular complexity index is 525. The van der Waals surface area contributed by atoms with Crippen LogP contribution in [0.25, 0.3) is 0 Å². The molecule has 0 bridgehead atoms. The van der Waals surface area contributed by atoms with Gasteiger partial charge in [0.15, 0.2) is 5.96 Å². The van der Waals surface area contributed by atoms with E-state index < -0.39 is 0 Å². The highest BCUT2D eigenvalue weighted by Gasteiger charge is 2.29. The molecule has 23 heavy (non-hydrogen) atoms. The van der Waals surface area contributed by atoms with Crippen LogP contribution >= 0.6 is 0 Å². The van der Waals surface area contributed by atoms with E-state index in [1.165, 1.54) is 0 Å². The maximum atomic E-state index is 11.9. The molecule has 1 aliphatic rings. The van der Waals surface area contributed by atoms with Gasteiger partial charge in [0.1, 0.15) is 0 Å². The van der Waals surface area contributed by atoms with Gasteiger partial charge >= 0.3 is 0 Å². The van der Waals surface area contributed by atoms with Crippen molar-refractivity contribution >= 4 is 11.9 Å². The molecule has 0 aromatic heterocycles. The van der Waals surface area contributed by atoms with Crippen LogP contribution < -0.4 is 16.0 Å². The average molecular weight is 318 g/mol. The van der Waals surface area contributed by atoms with E-state index in [9.17, 15) is 4.79 Å². The summed E-state index contributed by atoms with van der Waals surface area (Å²) < 4.78 is 5.74. The first-order valence-electron chi connectivity index (χ1n) is 8.05. The summed E-state index contributed by atoms with van der Waals surface area (Å²) in [6.07, 6.45) is 2.17. The van der Waals surface area contributed by atoms with Gasteiger partial charge in [0, 0.05) is 38.9 Å². The van der Waals surface area contributed by atoms with Gasteiger partial charge in [-0.2, -0.15) is 0 Å². The van der Waals surface area contributed by atoms with E-state index in [2.05, 4.69) is 27.9 Å². The highest BCUT2D eigenvalue weighted by Crippen LogP contribution is 2.23. The molecule has 1 heterocycles. The zero-order valence-electron chi connectivity index (χ0n) is 13.9. The zero-order valence-corrected chi connectivity index (χ0v) is 13.9. The standard InChI is InChI=1S/C17H26N4O2/c1-17(9-6-12-23-17)13-21-16(18-2)20-11-10-19-15(22)14-7-4-3-5-8-14/h3-5,7-8H,6,9-13H2,1-2H3,(H,19,22)(H2,18,20,21). The lowest BCUT2D eigenvalue weighted by Gasteiger charge is -2.24. The van der Waals surface area contributed by atoms with Crippen molar-refractivity contribution in [3.8, 4) is 0 Å². The van der Waals surface area contributed by atoms with Gasteiger partial charge in [-0.3, -0.25) is 9.79 Å². The Balaban J connectivity index is 1.65. The molecule has 2 rings (SSSR count).